The Morgan fingerprint density at radius 1 is 1.33 bits per heavy atom. The Morgan fingerprint density at radius 3 is 2.50 bits per heavy atom. The van der Waals surface area contributed by atoms with Crippen LogP contribution < -0.4 is 5.32 Å². The number of rotatable bonds is 7. The van der Waals surface area contributed by atoms with Crippen molar-refractivity contribution < 1.29 is 14.4 Å². The summed E-state index contributed by atoms with van der Waals surface area (Å²) in [6.45, 7) is 5.05. The molecule has 1 N–H and O–H groups in total. The third-order valence-corrected chi connectivity index (χ3v) is 3.12. The van der Waals surface area contributed by atoms with Crippen molar-refractivity contribution in [2.75, 3.05) is 13.1 Å². The van der Waals surface area contributed by atoms with Crippen LogP contribution in [0.3, 0.4) is 0 Å². The molecule has 1 aliphatic heterocycles. The summed E-state index contributed by atoms with van der Waals surface area (Å²) in [5, 5.41) is 2.79. The van der Waals surface area contributed by atoms with Crippen molar-refractivity contribution in [3.8, 4) is 0 Å². The molecule has 0 spiro atoms. The second kappa shape index (κ2) is 6.93. The number of nitrogens with one attached hydrogen (secondary N) is 1. The van der Waals surface area contributed by atoms with Gasteiger partial charge in [0.25, 0.3) is 11.8 Å². The van der Waals surface area contributed by atoms with Gasteiger partial charge in [-0.3, -0.25) is 19.3 Å². The van der Waals surface area contributed by atoms with E-state index in [1.807, 2.05) is 0 Å². The molecule has 3 amide bonds. The number of hydrogen-bond acceptors (Lipinski definition) is 3. The lowest BCUT2D eigenvalue weighted by molar-refractivity contribution is -0.137. The van der Waals surface area contributed by atoms with Gasteiger partial charge in [0.05, 0.1) is 0 Å². The maximum absolute atomic E-state index is 11.5. The molecule has 0 saturated carbocycles. The zero-order chi connectivity index (χ0) is 13.5. The van der Waals surface area contributed by atoms with Gasteiger partial charge in [-0.15, -0.1) is 0 Å². The standard InChI is InChI=1S/C13H20N2O3/c1-3-10(2)6-8-14-11(16)7-9-15-12(17)4-5-13(15)18/h4-5,10H,3,6-9H2,1-2H3,(H,14,16). The summed E-state index contributed by atoms with van der Waals surface area (Å²) in [6.07, 6.45) is 4.66. The molecule has 5 heteroatoms. The maximum atomic E-state index is 11.5. The molecule has 1 rings (SSSR count). The van der Waals surface area contributed by atoms with Gasteiger partial charge in [-0.25, -0.2) is 0 Å². The summed E-state index contributed by atoms with van der Waals surface area (Å²) in [7, 11) is 0. The van der Waals surface area contributed by atoms with E-state index in [9.17, 15) is 14.4 Å². The molecular weight excluding hydrogens is 232 g/mol. The minimum Gasteiger partial charge on any atom is -0.356 e. The van der Waals surface area contributed by atoms with Crippen molar-refractivity contribution in [2.24, 2.45) is 5.92 Å². The number of carbonyl (C=O) groups is 3. The van der Waals surface area contributed by atoms with E-state index in [-0.39, 0.29) is 30.7 Å². The fourth-order valence-electron chi connectivity index (χ4n) is 1.62. The third kappa shape index (κ3) is 4.31. The quantitative estimate of drug-likeness (QED) is 0.683. The van der Waals surface area contributed by atoms with Gasteiger partial charge < -0.3 is 5.32 Å². The molecule has 1 atom stereocenters. The molecule has 0 saturated heterocycles. The second-order valence-electron chi connectivity index (χ2n) is 4.56. The van der Waals surface area contributed by atoms with E-state index in [2.05, 4.69) is 19.2 Å². The lowest BCUT2D eigenvalue weighted by Gasteiger charge is -2.14. The van der Waals surface area contributed by atoms with Gasteiger partial charge in [0.2, 0.25) is 5.91 Å². The number of hydrogen-bond donors (Lipinski definition) is 1. The largest absolute Gasteiger partial charge is 0.356 e. The Balaban J connectivity index is 2.18. The van der Waals surface area contributed by atoms with E-state index in [1.165, 1.54) is 12.2 Å². The Morgan fingerprint density at radius 2 is 1.94 bits per heavy atom. The maximum Gasteiger partial charge on any atom is 0.253 e. The molecule has 0 radical (unpaired) electrons. The van der Waals surface area contributed by atoms with E-state index in [0.717, 1.165) is 17.7 Å². The number of imide groups is 1. The minimum absolute atomic E-state index is 0.120. The van der Waals surface area contributed by atoms with Crippen LogP contribution in [0.15, 0.2) is 12.2 Å². The zero-order valence-electron chi connectivity index (χ0n) is 10.9. The van der Waals surface area contributed by atoms with E-state index < -0.39 is 0 Å². The first-order chi connectivity index (χ1) is 8.54. The molecule has 0 bridgehead atoms. The second-order valence-corrected chi connectivity index (χ2v) is 4.56. The lowest BCUT2D eigenvalue weighted by atomic mass is 10.1. The van der Waals surface area contributed by atoms with Crippen molar-refractivity contribution >= 4 is 17.7 Å². The predicted octanol–water partition coefficient (Wildman–Crippen LogP) is 0.854. The highest BCUT2D eigenvalue weighted by Gasteiger charge is 2.23. The smallest absolute Gasteiger partial charge is 0.253 e. The molecule has 0 aromatic heterocycles. The van der Waals surface area contributed by atoms with Crippen LogP contribution in [0.1, 0.15) is 33.1 Å². The first kappa shape index (κ1) is 14.4. The predicted molar refractivity (Wildman–Crippen MR) is 67.6 cm³/mol. The normalized spacial score (nSPS) is 16.2. The monoisotopic (exact) mass is 252 g/mol. The zero-order valence-corrected chi connectivity index (χ0v) is 10.9. The van der Waals surface area contributed by atoms with Crippen LogP contribution >= 0.6 is 0 Å². The van der Waals surface area contributed by atoms with Gasteiger partial charge in [0.1, 0.15) is 0 Å². The van der Waals surface area contributed by atoms with Crippen LogP contribution in [0, 0.1) is 5.92 Å². The lowest BCUT2D eigenvalue weighted by Crippen LogP contribution is -2.35. The molecule has 1 unspecified atom stereocenters. The van der Waals surface area contributed by atoms with Crippen LogP contribution in [-0.2, 0) is 14.4 Å². The molecule has 18 heavy (non-hydrogen) atoms. The Labute approximate surface area is 107 Å². The number of amides is 3. The first-order valence-corrected chi connectivity index (χ1v) is 6.34. The fraction of sp³-hybridized carbons (Fsp3) is 0.615. The highest BCUT2D eigenvalue weighted by molar-refractivity contribution is 6.13. The van der Waals surface area contributed by atoms with Gasteiger partial charge in [0, 0.05) is 31.7 Å². The van der Waals surface area contributed by atoms with Crippen molar-refractivity contribution in [1.82, 2.24) is 10.2 Å². The summed E-state index contributed by atoms with van der Waals surface area (Å²) in [5.41, 5.74) is 0. The van der Waals surface area contributed by atoms with Gasteiger partial charge in [0.15, 0.2) is 0 Å². The number of carbonyl (C=O) groups excluding carboxylic acids is 3. The fourth-order valence-corrected chi connectivity index (χ4v) is 1.62. The summed E-state index contributed by atoms with van der Waals surface area (Å²) in [4.78, 5) is 35.0. The van der Waals surface area contributed by atoms with Crippen LogP contribution in [0.2, 0.25) is 0 Å². The highest BCUT2D eigenvalue weighted by atomic mass is 16.2. The summed E-state index contributed by atoms with van der Waals surface area (Å²) in [5.74, 6) is -0.207. The summed E-state index contributed by atoms with van der Waals surface area (Å²) >= 11 is 0. The molecule has 0 aromatic carbocycles. The Kier molecular flexibility index (Phi) is 5.55. The molecule has 100 valence electrons. The van der Waals surface area contributed by atoms with E-state index in [4.69, 9.17) is 0 Å². The van der Waals surface area contributed by atoms with Crippen molar-refractivity contribution in [1.29, 1.82) is 0 Å². The average Bonchev–Trinajstić information content (AvgIpc) is 2.66. The van der Waals surface area contributed by atoms with Gasteiger partial charge >= 0.3 is 0 Å². The molecule has 0 fully saturated rings. The molecular formula is C13H20N2O3. The Bertz CT molecular complexity index is 345. The first-order valence-electron chi connectivity index (χ1n) is 6.34. The molecule has 5 nitrogen and oxygen atoms in total. The van der Waals surface area contributed by atoms with Gasteiger partial charge in [-0.1, -0.05) is 20.3 Å². The molecule has 0 aliphatic carbocycles. The van der Waals surface area contributed by atoms with Crippen LogP contribution in [0.25, 0.3) is 0 Å². The topological polar surface area (TPSA) is 66.5 Å². The molecule has 1 heterocycles. The van der Waals surface area contributed by atoms with Crippen molar-refractivity contribution in [2.45, 2.75) is 33.1 Å². The van der Waals surface area contributed by atoms with Gasteiger partial charge in [-0.2, -0.15) is 0 Å². The van der Waals surface area contributed by atoms with E-state index >= 15 is 0 Å². The average molecular weight is 252 g/mol. The van der Waals surface area contributed by atoms with Crippen molar-refractivity contribution in [3.63, 3.8) is 0 Å². The number of nitrogens with zero attached hydrogens (tertiary/aromatic N) is 1. The Hall–Kier alpha value is -1.65. The van der Waals surface area contributed by atoms with Crippen LogP contribution in [-0.4, -0.2) is 35.7 Å². The summed E-state index contributed by atoms with van der Waals surface area (Å²) in [6, 6.07) is 0. The van der Waals surface area contributed by atoms with E-state index in [0.29, 0.717) is 12.5 Å². The van der Waals surface area contributed by atoms with Gasteiger partial charge in [-0.05, 0) is 12.3 Å². The third-order valence-electron chi connectivity index (χ3n) is 3.12. The highest BCUT2D eigenvalue weighted by Crippen LogP contribution is 2.05. The van der Waals surface area contributed by atoms with Crippen molar-refractivity contribution in [3.05, 3.63) is 12.2 Å². The molecule has 1 aliphatic rings. The van der Waals surface area contributed by atoms with Crippen LogP contribution in [0.4, 0.5) is 0 Å². The minimum atomic E-state index is -0.340. The van der Waals surface area contributed by atoms with E-state index in [1.54, 1.807) is 0 Å². The summed E-state index contributed by atoms with van der Waals surface area (Å²) < 4.78 is 0. The van der Waals surface area contributed by atoms with Crippen LogP contribution in [0.5, 0.6) is 0 Å². The molecule has 0 aromatic rings. The SMILES string of the molecule is CCC(C)CCNC(=O)CCN1C(=O)C=CC1=O.